The van der Waals surface area contributed by atoms with E-state index in [2.05, 4.69) is 47.7 Å². The number of rotatable bonds is 4. The Labute approximate surface area is 214 Å². The number of anilines is 4. The summed E-state index contributed by atoms with van der Waals surface area (Å²) in [7, 11) is 0. The second kappa shape index (κ2) is 7.85. The van der Waals surface area contributed by atoms with E-state index in [-0.39, 0.29) is 0 Å². The number of aryl methyl sites for hydroxylation is 1. The van der Waals surface area contributed by atoms with Crippen molar-refractivity contribution in [3.8, 4) is 0 Å². The molecule has 0 atom stereocenters. The Morgan fingerprint density at radius 1 is 0.973 bits per heavy atom. The van der Waals surface area contributed by atoms with Crippen LogP contribution in [0.4, 0.5) is 23.3 Å². The smallest absolute Gasteiger partial charge is 0.229 e. The van der Waals surface area contributed by atoms with Crippen LogP contribution in [0, 0.1) is 5.92 Å². The van der Waals surface area contributed by atoms with E-state index in [0.29, 0.717) is 30.6 Å². The highest BCUT2D eigenvalue weighted by Gasteiger charge is 2.52. The zero-order chi connectivity index (χ0) is 24.6. The van der Waals surface area contributed by atoms with Gasteiger partial charge in [-0.15, -0.1) is 0 Å². The summed E-state index contributed by atoms with van der Waals surface area (Å²) in [5.41, 5.74) is 3.60. The maximum atomic E-state index is 10.9. The Bertz CT molecular complexity index is 1510. The molecule has 37 heavy (non-hydrogen) atoms. The van der Waals surface area contributed by atoms with Crippen molar-refractivity contribution in [2.75, 3.05) is 40.9 Å². The van der Waals surface area contributed by atoms with Crippen molar-refractivity contribution in [2.24, 2.45) is 5.92 Å². The summed E-state index contributed by atoms with van der Waals surface area (Å²) >= 11 is 0. The topological polar surface area (TPSA) is 99.3 Å². The average molecular weight is 496 g/mol. The number of hydrogen-bond acceptors (Lipinski definition) is 9. The molecular formula is C27H29N9O. The molecular weight excluding hydrogens is 466 g/mol. The Kier molecular flexibility index (Phi) is 4.52. The third-order valence-electron chi connectivity index (χ3n) is 8.35. The van der Waals surface area contributed by atoms with Crippen molar-refractivity contribution in [1.82, 2.24) is 29.7 Å². The van der Waals surface area contributed by atoms with Gasteiger partial charge in [-0.2, -0.15) is 15.1 Å². The highest BCUT2D eigenvalue weighted by Crippen LogP contribution is 2.45. The van der Waals surface area contributed by atoms with Crippen LogP contribution in [0.15, 0.2) is 42.9 Å². The Balaban J connectivity index is 1.12. The summed E-state index contributed by atoms with van der Waals surface area (Å²) in [6.45, 7) is 4.68. The van der Waals surface area contributed by atoms with Gasteiger partial charge in [-0.05, 0) is 48.9 Å². The number of nitrogens with zero attached hydrogens (tertiary/aromatic N) is 9. The zero-order valence-corrected chi connectivity index (χ0v) is 20.7. The first-order valence-electron chi connectivity index (χ1n) is 13.3. The summed E-state index contributed by atoms with van der Waals surface area (Å²) in [5, 5.41) is 16.3. The molecule has 1 aliphatic carbocycles. The molecule has 0 spiro atoms. The molecule has 1 N–H and O–H groups in total. The van der Waals surface area contributed by atoms with Gasteiger partial charge in [0.15, 0.2) is 5.65 Å². The minimum Gasteiger partial charge on any atom is -0.386 e. The lowest BCUT2D eigenvalue weighted by molar-refractivity contribution is -0.0102. The van der Waals surface area contributed by atoms with Gasteiger partial charge in [-0.25, -0.2) is 9.67 Å². The SMILES string of the molecule is OC1(C2CC2)CN(c2nc(N3CCc4ncc(N5CCCn6nccc65)cc4C3)c3cccnc3n2)C1. The summed E-state index contributed by atoms with van der Waals surface area (Å²) in [6, 6.07) is 8.36. The number of hydrogen-bond donors (Lipinski definition) is 1. The van der Waals surface area contributed by atoms with Crippen LogP contribution in [-0.2, 0) is 19.5 Å². The summed E-state index contributed by atoms with van der Waals surface area (Å²) in [5.74, 6) is 3.12. The molecule has 0 amide bonds. The van der Waals surface area contributed by atoms with Crippen LogP contribution in [0.3, 0.4) is 0 Å². The minimum atomic E-state index is -0.585. The largest absolute Gasteiger partial charge is 0.386 e. The second-order valence-electron chi connectivity index (χ2n) is 10.8. The van der Waals surface area contributed by atoms with Crippen molar-refractivity contribution in [3.63, 3.8) is 0 Å². The van der Waals surface area contributed by atoms with Crippen LogP contribution in [-0.4, -0.2) is 66.6 Å². The van der Waals surface area contributed by atoms with Crippen LogP contribution >= 0.6 is 0 Å². The van der Waals surface area contributed by atoms with Gasteiger partial charge in [0.25, 0.3) is 0 Å². The monoisotopic (exact) mass is 495 g/mol. The molecule has 0 unspecified atom stereocenters. The van der Waals surface area contributed by atoms with E-state index in [1.807, 2.05) is 18.5 Å². The molecule has 1 saturated heterocycles. The lowest BCUT2D eigenvalue weighted by Crippen LogP contribution is -2.63. The van der Waals surface area contributed by atoms with Crippen molar-refractivity contribution in [2.45, 2.75) is 44.4 Å². The van der Waals surface area contributed by atoms with Crippen molar-refractivity contribution in [3.05, 3.63) is 54.1 Å². The van der Waals surface area contributed by atoms with E-state index < -0.39 is 5.60 Å². The van der Waals surface area contributed by atoms with E-state index in [9.17, 15) is 5.11 Å². The van der Waals surface area contributed by atoms with Crippen molar-refractivity contribution in [1.29, 1.82) is 0 Å². The van der Waals surface area contributed by atoms with E-state index >= 15 is 0 Å². The fourth-order valence-electron chi connectivity index (χ4n) is 6.18. The van der Waals surface area contributed by atoms with Crippen LogP contribution in [0.25, 0.3) is 11.0 Å². The van der Waals surface area contributed by atoms with Gasteiger partial charge in [-0.1, -0.05) is 0 Å². The molecule has 7 heterocycles. The molecule has 0 aromatic carbocycles. The summed E-state index contributed by atoms with van der Waals surface area (Å²) in [6.07, 6.45) is 9.83. The van der Waals surface area contributed by atoms with Crippen molar-refractivity contribution < 1.29 is 5.11 Å². The maximum absolute atomic E-state index is 10.9. The van der Waals surface area contributed by atoms with E-state index in [1.165, 1.54) is 5.56 Å². The van der Waals surface area contributed by atoms with Crippen LogP contribution in [0.2, 0.25) is 0 Å². The predicted octanol–water partition coefficient (Wildman–Crippen LogP) is 2.68. The zero-order valence-electron chi connectivity index (χ0n) is 20.7. The van der Waals surface area contributed by atoms with Gasteiger partial charge in [0.1, 0.15) is 17.2 Å². The van der Waals surface area contributed by atoms with Gasteiger partial charge in [0.05, 0.1) is 36.6 Å². The highest BCUT2D eigenvalue weighted by molar-refractivity contribution is 5.88. The lowest BCUT2D eigenvalue weighted by atomic mass is 9.89. The Hall–Kier alpha value is -3.79. The molecule has 4 aromatic rings. The molecule has 4 aliphatic rings. The molecule has 4 aromatic heterocycles. The first-order valence-corrected chi connectivity index (χ1v) is 13.3. The number of aromatic nitrogens is 6. The molecule has 1 saturated carbocycles. The normalized spacial score (nSPS) is 20.5. The van der Waals surface area contributed by atoms with Gasteiger partial charge in [-0.3, -0.25) is 4.98 Å². The van der Waals surface area contributed by atoms with Gasteiger partial charge >= 0.3 is 0 Å². The van der Waals surface area contributed by atoms with Gasteiger partial charge in [0, 0.05) is 50.6 Å². The lowest BCUT2D eigenvalue weighted by Gasteiger charge is -2.47. The first-order chi connectivity index (χ1) is 18.1. The van der Waals surface area contributed by atoms with Crippen LogP contribution in [0.1, 0.15) is 30.5 Å². The summed E-state index contributed by atoms with van der Waals surface area (Å²) < 4.78 is 2.07. The van der Waals surface area contributed by atoms with Crippen LogP contribution in [0.5, 0.6) is 0 Å². The molecule has 2 fully saturated rings. The molecule has 188 valence electrons. The van der Waals surface area contributed by atoms with E-state index in [0.717, 1.165) is 80.3 Å². The third-order valence-corrected chi connectivity index (χ3v) is 8.35. The van der Waals surface area contributed by atoms with Crippen LogP contribution < -0.4 is 14.7 Å². The number of pyridine rings is 2. The first kappa shape index (κ1) is 21.3. The molecule has 8 rings (SSSR count). The number of aliphatic hydroxyl groups is 1. The Morgan fingerprint density at radius 2 is 1.89 bits per heavy atom. The molecule has 0 bridgehead atoms. The highest BCUT2D eigenvalue weighted by atomic mass is 16.3. The number of fused-ring (bicyclic) bond motifs is 3. The second-order valence-corrected chi connectivity index (χ2v) is 10.8. The predicted molar refractivity (Wildman–Crippen MR) is 140 cm³/mol. The fraction of sp³-hybridized carbons (Fsp3) is 0.444. The van der Waals surface area contributed by atoms with Gasteiger partial charge in [0.2, 0.25) is 5.95 Å². The van der Waals surface area contributed by atoms with Crippen molar-refractivity contribution >= 4 is 34.3 Å². The van der Waals surface area contributed by atoms with E-state index in [4.69, 9.17) is 15.0 Å². The average Bonchev–Trinajstić information content (AvgIpc) is 3.67. The quantitative estimate of drug-likeness (QED) is 0.458. The maximum Gasteiger partial charge on any atom is 0.229 e. The molecule has 10 nitrogen and oxygen atoms in total. The molecule has 0 radical (unpaired) electrons. The Morgan fingerprint density at radius 3 is 2.78 bits per heavy atom. The summed E-state index contributed by atoms with van der Waals surface area (Å²) in [4.78, 5) is 26.0. The minimum absolute atomic E-state index is 0.431. The fourth-order valence-corrected chi connectivity index (χ4v) is 6.18. The third kappa shape index (κ3) is 3.46. The standard InChI is InChI=1S/C27H29N9O/c37-27(19-4-5-19)16-34(17-27)26-31-24-21(3-1-8-28-24)25(32-26)33-12-7-22-18(15-33)13-20(14-29-22)35-10-2-11-36-23(35)6-9-30-36/h1,3,6,8-9,13-14,19,37H,2,4-5,7,10-12,15-17H2. The number of β-amino-alcohol motifs (C(OH)–C–C–N with tert-alkyl or cyclic N) is 1. The van der Waals surface area contributed by atoms with E-state index in [1.54, 1.807) is 6.20 Å². The molecule has 10 heteroatoms. The van der Waals surface area contributed by atoms with Gasteiger partial charge < -0.3 is 19.8 Å². The molecule has 3 aliphatic heterocycles.